The lowest BCUT2D eigenvalue weighted by atomic mass is 10.1. The van der Waals surface area contributed by atoms with Crippen molar-refractivity contribution in [1.29, 1.82) is 0 Å². The summed E-state index contributed by atoms with van der Waals surface area (Å²) >= 11 is 11.9. The van der Waals surface area contributed by atoms with E-state index >= 15 is 0 Å². The van der Waals surface area contributed by atoms with Gasteiger partial charge < -0.3 is 10.4 Å². The number of rotatable bonds is 2. The van der Waals surface area contributed by atoms with E-state index < -0.39 is 0 Å². The van der Waals surface area contributed by atoms with E-state index in [9.17, 15) is 5.11 Å². The Morgan fingerprint density at radius 3 is 2.68 bits per heavy atom. The van der Waals surface area contributed by atoms with Crippen LogP contribution in [0.4, 0.5) is 5.69 Å². The van der Waals surface area contributed by atoms with Crippen molar-refractivity contribution in [3.63, 3.8) is 0 Å². The van der Waals surface area contributed by atoms with Crippen LogP contribution < -0.4 is 5.32 Å². The Balaban J connectivity index is 1.84. The molecule has 0 fully saturated rings. The molecule has 1 aliphatic carbocycles. The van der Waals surface area contributed by atoms with Crippen LogP contribution in [0.2, 0.25) is 10.0 Å². The molecule has 2 nitrogen and oxygen atoms in total. The molecule has 19 heavy (non-hydrogen) atoms. The highest BCUT2D eigenvalue weighted by Crippen LogP contribution is 2.36. The second kappa shape index (κ2) is 4.95. The third-order valence-corrected chi connectivity index (χ3v) is 4.20. The molecule has 0 amide bonds. The SMILES string of the molecule is Oc1ccc2c(c1)CCC2Nc1ccc(Cl)c(Cl)c1. The van der Waals surface area contributed by atoms with Gasteiger partial charge in [0.15, 0.2) is 0 Å². The lowest BCUT2D eigenvalue weighted by Gasteiger charge is -2.16. The predicted octanol–water partition coefficient (Wildman–Crippen LogP) is 4.80. The van der Waals surface area contributed by atoms with E-state index in [2.05, 4.69) is 5.32 Å². The highest BCUT2D eigenvalue weighted by molar-refractivity contribution is 6.42. The van der Waals surface area contributed by atoms with E-state index in [0.717, 1.165) is 18.5 Å². The monoisotopic (exact) mass is 293 g/mol. The van der Waals surface area contributed by atoms with Crippen LogP contribution >= 0.6 is 23.2 Å². The molecular formula is C15H13Cl2NO. The summed E-state index contributed by atoms with van der Waals surface area (Å²) in [5.74, 6) is 0.328. The molecule has 0 aliphatic heterocycles. The molecule has 1 aliphatic rings. The number of phenolic OH excluding ortho intramolecular Hbond substituents is 1. The fourth-order valence-electron chi connectivity index (χ4n) is 2.54. The zero-order valence-corrected chi connectivity index (χ0v) is 11.7. The summed E-state index contributed by atoms with van der Waals surface area (Å²) in [5, 5.41) is 14.1. The van der Waals surface area contributed by atoms with Crippen molar-refractivity contribution >= 4 is 28.9 Å². The van der Waals surface area contributed by atoms with E-state index in [0.29, 0.717) is 15.8 Å². The summed E-state index contributed by atoms with van der Waals surface area (Å²) in [6.07, 6.45) is 1.99. The van der Waals surface area contributed by atoms with Crippen LogP contribution in [-0.4, -0.2) is 5.11 Å². The summed E-state index contributed by atoms with van der Waals surface area (Å²) in [6, 6.07) is 11.4. The summed E-state index contributed by atoms with van der Waals surface area (Å²) in [5.41, 5.74) is 3.40. The molecule has 2 N–H and O–H groups in total. The molecular weight excluding hydrogens is 281 g/mol. The zero-order chi connectivity index (χ0) is 13.4. The summed E-state index contributed by atoms with van der Waals surface area (Å²) < 4.78 is 0. The Kier molecular flexibility index (Phi) is 3.29. The van der Waals surface area contributed by atoms with Crippen LogP contribution in [0.5, 0.6) is 5.75 Å². The maximum absolute atomic E-state index is 9.49. The van der Waals surface area contributed by atoms with Crippen molar-refractivity contribution in [3.05, 3.63) is 57.6 Å². The summed E-state index contributed by atoms with van der Waals surface area (Å²) in [6.45, 7) is 0. The average Bonchev–Trinajstić information content (AvgIpc) is 2.76. The first-order valence-corrected chi connectivity index (χ1v) is 6.92. The van der Waals surface area contributed by atoms with Gasteiger partial charge in [-0.2, -0.15) is 0 Å². The topological polar surface area (TPSA) is 32.3 Å². The van der Waals surface area contributed by atoms with Crippen molar-refractivity contribution in [2.24, 2.45) is 0 Å². The van der Waals surface area contributed by atoms with Gasteiger partial charge in [-0.1, -0.05) is 29.3 Å². The van der Waals surface area contributed by atoms with Gasteiger partial charge in [0.2, 0.25) is 0 Å². The maximum atomic E-state index is 9.49. The summed E-state index contributed by atoms with van der Waals surface area (Å²) in [7, 11) is 0. The third-order valence-electron chi connectivity index (χ3n) is 3.46. The highest BCUT2D eigenvalue weighted by Gasteiger charge is 2.22. The van der Waals surface area contributed by atoms with Crippen molar-refractivity contribution in [1.82, 2.24) is 0 Å². The number of benzene rings is 2. The number of halogens is 2. The Hall–Kier alpha value is -1.38. The van der Waals surface area contributed by atoms with Gasteiger partial charge in [-0.25, -0.2) is 0 Å². The molecule has 0 aromatic heterocycles. The van der Waals surface area contributed by atoms with Crippen LogP contribution in [0.3, 0.4) is 0 Å². The van der Waals surface area contributed by atoms with Crippen molar-refractivity contribution in [2.45, 2.75) is 18.9 Å². The average molecular weight is 294 g/mol. The van der Waals surface area contributed by atoms with Crippen LogP contribution in [0.15, 0.2) is 36.4 Å². The van der Waals surface area contributed by atoms with Gasteiger partial charge in [0, 0.05) is 5.69 Å². The minimum absolute atomic E-state index is 0.257. The molecule has 1 unspecified atom stereocenters. The Morgan fingerprint density at radius 1 is 1.05 bits per heavy atom. The van der Waals surface area contributed by atoms with E-state index in [-0.39, 0.29) is 6.04 Å². The highest BCUT2D eigenvalue weighted by atomic mass is 35.5. The first kappa shape index (κ1) is 12.6. The van der Waals surface area contributed by atoms with Gasteiger partial charge in [0.1, 0.15) is 5.75 Å². The number of aryl methyl sites for hydroxylation is 1. The largest absolute Gasteiger partial charge is 0.508 e. The molecule has 1 atom stereocenters. The number of hydrogen-bond acceptors (Lipinski definition) is 2. The number of anilines is 1. The van der Waals surface area contributed by atoms with Gasteiger partial charge >= 0.3 is 0 Å². The van der Waals surface area contributed by atoms with Crippen LogP contribution in [0.1, 0.15) is 23.6 Å². The lowest BCUT2D eigenvalue weighted by Crippen LogP contribution is -2.06. The van der Waals surface area contributed by atoms with Crippen molar-refractivity contribution in [2.75, 3.05) is 5.32 Å². The number of nitrogens with one attached hydrogen (secondary N) is 1. The third kappa shape index (κ3) is 2.51. The predicted molar refractivity (Wildman–Crippen MR) is 79.3 cm³/mol. The van der Waals surface area contributed by atoms with Gasteiger partial charge in [-0.05, 0) is 54.3 Å². The number of phenols is 1. The van der Waals surface area contributed by atoms with Crippen molar-refractivity contribution in [3.8, 4) is 5.75 Å². The fraction of sp³-hybridized carbons (Fsp3) is 0.200. The van der Waals surface area contributed by atoms with E-state index in [1.54, 1.807) is 12.1 Å². The minimum Gasteiger partial charge on any atom is -0.508 e. The summed E-state index contributed by atoms with van der Waals surface area (Å²) in [4.78, 5) is 0. The zero-order valence-electron chi connectivity index (χ0n) is 10.2. The maximum Gasteiger partial charge on any atom is 0.115 e. The molecule has 0 heterocycles. The quantitative estimate of drug-likeness (QED) is 0.834. The number of fused-ring (bicyclic) bond motifs is 1. The molecule has 2 aromatic rings. The molecule has 3 rings (SSSR count). The standard InChI is InChI=1S/C15H13Cl2NO/c16-13-5-2-10(8-14(13)17)18-15-6-1-9-7-11(19)3-4-12(9)15/h2-5,7-8,15,18-19H,1,6H2. The number of hydrogen-bond donors (Lipinski definition) is 2. The molecule has 0 saturated heterocycles. The van der Waals surface area contributed by atoms with E-state index in [1.807, 2.05) is 24.3 Å². The fourth-order valence-corrected chi connectivity index (χ4v) is 2.84. The van der Waals surface area contributed by atoms with Gasteiger partial charge in [0.25, 0.3) is 0 Å². The second-order valence-corrected chi connectivity index (χ2v) is 5.56. The van der Waals surface area contributed by atoms with Gasteiger partial charge in [-0.3, -0.25) is 0 Å². The smallest absolute Gasteiger partial charge is 0.115 e. The Bertz CT molecular complexity index is 628. The van der Waals surface area contributed by atoms with Crippen LogP contribution in [0, 0.1) is 0 Å². The molecule has 2 aromatic carbocycles. The van der Waals surface area contributed by atoms with Gasteiger partial charge in [0.05, 0.1) is 16.1 Å². The van der Waals surface area contributed by atoms with E-state index in [1.165, 1.54) is 11.1 Å². The number of aromatic hydroxyl groups is 1. The van der Waals surface area contributed by atoms with Gasteiger partial charge in [-0.15, -0.1) is 0 Å². The minimum atomic E-state index is 0.257. The second-order valence-electron chi connectivity index (χ2n) is 4.75. The van der Waals surface area contributed by atoms with E-state index in [4.69, 9.17) is 23.2 Å². The molecule has 4 heteroatoms. The first-order valence-electron chi connectivity index (χ1n) is 6.17. The molecule has 98 valence electrons. The molecule has 0 bridgehead atoms. The van der Waals surface area contributed by atoms with Crippen LogP contribution in [0.25, 0.3) is 0 Å². The first-order chi connectivity index (χ1) is 9.13. The Labute approximate surface area is 122 Å². The molecule has 0 saturated carbocycles. The molecule has 0 spiro atoms. The van der Waals surface area contributed by atoms with Crippen molar-refractivity contribution < 1.29 is 5.11 Å². The molecule has 0 radical (unpaired) electrons. The normalized spacial score (nSPS) is 17.3. The lowest BCUT2D eigenvalue weighted by molar-refractivity contribution is 0.474. The Morgan fingerprint density at radius 2 is 1.89 bits per heavy atom. The van der Waals surface area contributed by atoms with Crippen LogP contribution in [-0.2, 0) is 6.42 Å².